The van der Waals surface area contributed by atoms with E-state index in [9.17, 15) is 4.79 Å². The van der Waals surface area contributed by atoms with E-state index in [2.05, 4.69) is 35.3 Å². The van der Waals surface area contributed by atoms with Crippen LogP contribution in [-0.4, -0.2) is 35.1 Å². The highest BCUT2D eigenvalue weighted by molar-refractivity contribution is 8.00. The maximum atomic E-state index is 13.2. The Kier molecular flexibility index (Phi) is 5.27. The predicted molar refractivity (Wildman–Crippen MR) is 110 cm³/mol. The average molecular weight is 383 g/mol. The number of hydrogen-bond donors (Lipinski definition) is 0. The van der Waals surface area contributed by atoms with Gasteiger partial charge in [-0.2, -0.15) is 0 Å². The maximum Gasteiger partial charge on any atom is 0.256 e. The van der Waals surface area contributed by atoms with Gasteiger partial charge < -0.3 is 4.90 Å². The number of pyridine rings is 1. The summed E-state index contributed by atoms with van der Waals surface area (Å²) in [4.78, 5) is 19.5. The van der Waals surface area contributed by atoms with Crippen LogP contribution < -0.4 is 0 Å². The molecule has 0 saturated carbocycles. The van der Waals surface area contributed by atoms with Crippen LogP contribution >= 0.6 is 23.1 Å². The zero-order valence-corrected chi connectivity index (χ0v) is 16.5. The number of thiophene rings is 1. The van der Waals surface area contributed by atoms with Gasteiger partial charge in [0.25, 0.3) is 5.91 Å². The molecule has 0 atom stereocenters. The zero-order chi connectivity index (χ0) is 17.9. The number of rotatable bonds is 4. The van der Waals surface area contributed by atoms with E-state index in [4.69, 9.17) is 0 Å². The topological polar surface area (TPSA) is 33.2 Å². The van der Waals surface area contributed by atoms with Gasteiger partial charge in [-0.05, 0) is 43.1 Å². The molecule has 1 fully saturated rings. The molecule has 0 unspecified atom stereocenters. The van der Waals surface area contributed by atoms with Crippen molar-refractivity contribution in [3.8, 4) is 0 Å². The third-order valence-corrected chi connectivity index (χ3v) is 7.42. The molecule has 1 saturated heterocycles. The summed E-state index contributed by atoms with van der Waals surface area (Å²) in [6, 6.07) is 12.7. The Morgan fingerprint density at radius 3 is 2.73 bits per heavy atom. The minimum Gasteiger partial charge on any atom is -0.339 e. The first-order valence-electron chi connectivity index (χ1n) is 9.00. The average Bonchev–Trinajstić information content (AvgIpc) is 3.07. The lowest BCUT2D eigenvalue weighted by molar-refractivity contribution is 0.0690. The summed E-state index contributed by atoms with van der Waals surface area (Å²) in [7, 11) is 0. The third kappa shape index (κ3) is 3.51. The predicted octanol–water partition coefficient (Wildman–Crippen LogP) is 5.11. The Labute approximate surface area is 162 Å². The molecule has 3 nitrogen and oxygen atoms in total. The molecule has 26 heavy (non-hydrogen) atoms. The monoisotopic (exact) mass is 382 g/mol. The SMILES string of the molecule is CSc1sc2ccncc2c1C(=O)N1CCC(Cc2ccccc2)CC1. The second-order valence-electron chi connectivity index (χ2n) is 6.77. The highest BCUT2D eigenvalue weighted by Crippen LogP contribution is 2.38. The Hall–Kier alpha value is -1.85. The third-order valence-electron chi connectivity index (χ3n) is 5.13. The van der Waals surface area contributed by atoms with Crippen LogP contribution in [0.4, 0.5) is 0 Å². The molecule has 0 spiro atoms. The standard InChI is InChI=1S/C21H22N2OS2/c1-25-21-19(17-14-22-10-7-18(17)26-21)20(24)23-11-8-16(9-12-23)13-15-5-3-2-4-6-15/h2-7,10,14,16H,8-9,11-13H2,1H3. The second-order valence-corrected chi connectivity index (χ2v) is 8.89. The molecule has 1 aliphatic rings. The van der Waals surface area contributed by atoms with E-state index in [0.29, 0.717) is 5.92 Å². The minimum atomic E-state index is 0.173. The van der Waals surface area contributed by atoms with Crippen LogP contribution in [0.15, 0.2) is 53.0 Å². The maximum absolute atomic E-state index is 13.2. The molecule has 1 aliphatic heterocycles. The molecule has 3 heterocycles. The number of aromatic nitrogens is 1. The number of benzene rings is 1. The lowest BCUT2D eigenvalue weighted by atomic mass is 9.90. The quantitative estimate of drug-likeness (QED) is 0.588. The molecule has 2 aromatic heterocycles. The normalized spacial score (nSPS) is 15.5. The van der Waals surface area contributed by atoms with Crippen molar-refractivity contribution in [2.45, 2.75) is 23.5 Å². The summed E-state index contributed by atoms with van der Waals surface area (Å²) in [5, 5.41) is 0.998. The van der Waals surface area contributed by atoms with Gasteiger partial charge >= 0.3 is 0 Å². The van der Waals surface area contributed by atoms with Crippen LogP contribution in [0, 0.1) is 5.92 Å². The van der Waals surface area contributed by atoms with Crippen molar-refractivity contribution in [1.29, 1.82) is 0 Å². The fraction of sp³-hybridized carbons (Fsp3) is 0.333. The lowest BCUT2D eigenvalue weighted by Gasteiger charge is -2.32. The van der Waals surface area contributed by atoms with E-state index in [1.54, 1.807) is 29.3 Å². The number of likely N-dealkylation sites (tertiary alicyclic amines) is 1. The summed E-state index contributed by atoms with van der Waals surface area (Å²) >= 11 is 3.35. The highest BCUT2D eigenvalue weighted by atomic mass is 32.2. The Balaban J connectivity index is 1.47. The summed E-state index contributed by atoms with van der Waals surface area (Å²) in [6.07, 6.45) is 8.95. The smallest absolute Gasteiger partial charge is 0.256 e. The summed E-state index contributed by atoms with van der Waals surface area (Å²) < 4.78 is 2.25. The number of thioether (sulfide) groups is 1. The number of piperidine rings is 1. The van der Waals surface area contributed by atoms with Crippen molar-refractivity contribution in [2.24, 2.45) is 5.92 Å². The molecule has 0 radical (unpaired) electrons. The number of carbonyl (C=O) groups is 1. The summed E-state index contributed by atoms with van der Waals surface area (Å²) in [5.74, 6) is 0.842. The van der Waals surface area contributed by atoms with Crippen LogP contribution in [0.5, 0.6) is 0 Å². The molecule has 1 amide bonds. The van der Waals surface area contributed by atoms with Crippen molar-refractivity contribution in [3.63, 3.8) is 0 Å². The molecular weight excluding hydrogens is 360 g/mol. The van der Waals surface area contributed by atoms with Gasteiger partial charge in [-0.1, -0.05) is 30.3 Å². The largest absolute Gasteiger partial charge is 0.339 e. The number of fused-ring (bicyclic) bond motifs is 1. The molecule has 134 valence electrons. The van der Waals surface area contributed by atoms with Gasteiger partial charge in [0.05, 0.1) is 9.77 Å². The molecule has 4 rings (SSSR count). The molecule has 0 N–H and O–H groups in total. The van der Waals surface area contributed by atoms with Crippen LogP contribution in [0.2, 0.25) is 0 Å². The van der Waals surface area contributed by atoms with Gasteiger partial charge in [0.2, 0.25) is 0 Å². The van der Waals surface area contributed by atoms with Crippen LogP contribution in [0.25, 0.3) is 10.1 Å². The molecule has 1 aromatic carbocycles. The molecular formula is C21H22N2OS2. The first kappa shape index (κ1) is 17.6. The van der Waals surface area contributed by atoms with Gasteiger partial charge in [-0.15, -0.1) is 23.1 Å². The van der Waals surface area contributed by atoms with Gasteiger partial charge in [0, 0.05) is 35.6 Å². The Morgan fingerprint density at radius 1 is 1.23 bits per heavy atom. The Morgan fingerprint density at radius 2 is 2.00 bits per heavy atom. The van der Waals surface area contributed by atoms with Crippen LogP contribution in [-0.2, 0) is 6.42 Å². The number of nitrogens with zero attached hydrogens (tertiary/aromatic N) is 2. The molecule has 0 aliphatic carbocycles. The fourth-order valence-electron chi connectivity index (χ4n) is 3.71. The van der Waals surface area contributed by atoms with Crippen molar-refractivity contribution >= 4 is 39.1 Å². The van der Waals surface area contributed by atoms with Crippen molar-refractivity contribution in [2.75, 3.05) is 19.3 Å². The zero-order valence-electron chi connectivity index (χ0n) is 14.9. The highest BCUT2D eigenvalue weighted by Gasteiger charge is 2.27. The van der Waals surface area contributed by atoms with Crippen molar-refractivity contribution < 1.29 is 4.79 Å². The van der Waals surface area contributed by atoms with E-state index in [0.717, 1.165) is 52.2 Å². The van der Waals surface area contributed by atoms with Crippen LogP contribution in [0.1, 0.15) is 28.8 Å². The first-order chi connectivity index (χ1) is 12.8. The second kappa shape index (κ2) is 7.80. The number of hydrogen-bond acceptors (Lipinski definition) is 4. The molecule has 0 bridgehead atoms. The van der Waals surface area contributed by atoms with E-state index in [1.165, 1.54) is 5.56 Å². The Bertz CT molecular complexity index is 899. The molecule has 3 aromatic rings. The van der Waals surface area contributed by atoms with Gasteiger partial charge in [0.1, 0.15) is 0 Å². The number of amides is 1. The van der Waals surface area contributed by atoms with Crippen molar-refractivity contribution in [3.05, 3.63) is 59.9 Å². The molecule has 5 heteroatoms. The van der Waals surface area contributed by atoms with Crippen molar-refractivity contribution in [1.82, 2.24) is 9.88 Å². The van der Waals surface area contributed by atoms with Gasteiger partial charge in [-0.25, -0.2) is 0 Å². The van der Waals surface area contributed by atoms with E-state index < -0.39 is 0 Å². The minimum absolute atomic E-state index is 0.173. The van der Waals surface area contributed by atoms with E-state index in [-0.39, 0.29) is 5.91 Å². The fourth-order valence-corrected chi connectivity index (χ4v) is 5.61. The van der Waals surface area contributed by atoms with Crippen LogP contribution in [0.3, 0.4) is 0 Å². The van der Waals surface area contributed by atoms with E-state index >= 15 is 0 Å². The van der Waals surface area contributed by atoms with E-state index in [1.807, 2.05) is 23.4 Å². The first-order valence-corrected chi connectivity index (χ1v) is 11.0. The summed E-state index contributed by atoms with van der Waals surface area (Å²) in [6.45, 7) is 1.70. The summed E-state index contributed by atoms with van der Waals surface area (Å²) in [5.41, 5.74) is 2.25. The lowest BCUT2D eigenvalue weighted by Crippen LogP contribution is -2.39. The number of carbonyl (C=O) groups excluding carboxylic acids is 1. The van der Waals surface area contributed by atoms with Gasteiger partial charge in [0.15, 0.2) is 0 Å². The van der Waals surface area contributed by atoms with Gasteiger partial charge in [-0.3, -0.25) is 9.78 Å².